The van der Waals surface area contributed by atoms with E-state index in [1.54, 1.807) is 10.9 Å². The fourth-order valence-electron chi connectivity index (χ4n) is 2.84. The highest BCUT2D eigenvalue weighted by Crippen LogP contribution is 2.28. The summed E-state index contributed by atoms with van der Waals surface area (Å²) < 4.78 is 59.9. The van der Waals surface area contributed by atoms with Gasteiger partial charge in [-0.25, -0.2) is 21.9 Å². The minimum atomic E-state index is -3.96. The van der Waals surface area contributed by atoms with E-state index in [0.717, 1.165) is 16.4 Å². The van der Waals surface area contributed by atoms with Gasteiger partial charge >= 0.3 is 0 Å². The Morgan fingerprint density at radius 1 is 1.07 bits per heavy atom. The molecule has 4 rings (SSSR count). The molecule has 2 aromatic carbocycles. The summed E-state index contributed by atoms with van der Waals surface area (Å²) in [5, 5.41) is 8.04. The van der Waals surface area contributed by atoms with Crippen LogP contribution in [0.25, 0.3) is 0 Å². The maximum absolute atomic E-state index is 13.3. The third kappa shape index (κ3) is 3.73. The van der Waals surface area contributed by atoms with Crippen molar-refractivity contribution in [3.05, 3.63) is 72.1 Å². The van der Waals surface area contributed by atoms with E-state index >= 15 is 0 Å². The van der Waals surface area contributed by atoms with Gasteiger partial charge in [0.15, 0.2) is 0 Å². The second-order valence-corrected chi connectivity index (χ2v) is 8.31. The molecular weight excluding hydrogens is 390 g/mol. The number of para-hydroxylation sites is 1. The Hall–Kier alpha value is -2.85. The average Bonchev–Trinajstić information content (AvgIpc) is 3.07. The molecular formula is C18H16F2N4O3S. The third-order valence-electron chi connectivity index (χ3n) is 4.36. The van der Waals surface area contributed by atoms with Crippen molar-refractivity contribution in [2.45, 2.75) is 17.5 Å². The highest BCUT2D eigenvalue weighted by Gasteiger charge is 2.38. The Morgan fingerprint density at radius 2 is 1.75 bits per heavy atom. The Kier molecular flexibility index (Phi) is 4.82. The predicted octanol–water partition coefficient (Wildman–Crippen LogP) is 2.38. The van der Waals surface area contributed by atoms with Crippen LogP contribution in [0, 0.1) is 11.6 Å². The molecule has 0 atom stereocenters. The van der Waals surface area contributed by atoms with Crippen LogP contribution in [-0.2, 0) is 16.6 Å². The number of nitrogens with zero attached hydrogens (tertiary/aromatic N) is 4. The molecule has 2 heterocycles. The molecule has 1 aliphatic heterocycles. The monoisotopic (exact) mass is 406 g/mol. The van der Waals surface area contributed by atoms with Crippen LogP contribution in [0.2, 0.25) is 0 Å². The lowest BCUT2D eigenvalue weighted by Crippen LogP contribution is -2.50. The zero-order chi connectivity index (χ0) is 19.7. The van der Waals surface area contributed by atoms with Gasteiger partial charge in [0.25, 0.3) is 0 Å². The van der Waals surface area contributed by atoms with Crippen molar-refractivity contribution in [3.63, 3.8) is 0 Å². The van der Waals surface area contributed by atoms with Gasteiger partial charge < -0.3 is 4.74 Å². The van der Waals surface area contributed by atoms with Gasteiger partial charge in [0, 0.05) is 19.2 Å². The van der Waals surface area contributed by atoms with Crippen LogP contribution >= 0.6 is 0 Å². The number of aromatic nitrogens is 3. The van der Waals surface area contributed by atoms with E-state index in [1.807, 2.05) is 30.3 Å². The van der Waals surface area contributed by atoms with Crippen LogP contribution in [0.3, 0.4) is 0 Å². The van der Waals surface area contributed by atoms with Gasteiger partial charge in [-0.1, -0.05) is 23.4 Å². The summed E-state index contributed by atoms with van der Waals surface area (Å²) in [5.74, 6) is -1.16. The van der Waals surface area contributed by atoms with E-state index in [9.17, 15) is 17.2 Å². The third-order valence-corrected chi connectivity index (χ3v) is 6.17. The number of benzene rings is 2. The van der Waals surface area contributed by atoms with Gasteiger partial charge in [0.1, 0.15) is 29.7 Å². The fourth-order valence-corrected chi connectivity index (χ4v) is 4.40. The zero-order valence-electron chi connectivity index (χ0n) is 14.6. The summed E-state index contributed by atoms with van der Waals surface area (Å²) in [6.07, 6.45) is 1.69. The molecule has 1 aromatic heterocycles. The lowest BCUT2D eigenvalue weighted by Gasteiger charge is -2.37. The average molecular weight is 406 g/mol. The van der Waals surface area contributed by atoms with Crippen molar-refractivity contribution in [1.29, 1.82) is 0 Å². The van der Waals surface area contributed by atoms with Crippen LogP contribution in [0.5, 0.6) is 5.75 Å². The first-order valence-electron chi connectivity index (χ1n) is 8.46. The summed E-state index contributed by atoms with van der Waals surface area (Å²) >= 11 is 0. The second kappa shape index (κ2) is 7.28. The standard InChI is InChI=1S/C18H16F2N4O3S/c19-13-6-14(20)8-18(7-13)28(25,26)23-10-16(11-23)24-9-15(21-22-24)12-27-17-4-2-1-3-5-17/h1-9,16H,10-12H2. The Bertz CT molecular complexity index is 1060. The molecule has 0 saturated carbocycles. The summed E-state index contributed by atoms with van der Waals surface area (Å²) in [7, 11) is -3.96. The molecule has 0 radical (unpaired) electrons. The lowest BCUT2D eigenvalue weighted by atomic mass is 10.2. The molecule has 0 N–H and O–H groups in total. The van der Waals surface area contributed by atoms with Crippen molar-refractivity contribution in [3.8, 4) is 5.75 Å². The molecule has 0 unspecified atom stereocenters. The van der Waals surface area contributed by atoms with Crippen LogP contribution in [0.15, 0.2) is 59.6 Å². The molecule has 1 fully saturated rings. The molecule has 146 valence electrons. The molecule has 0 bridgehead atoms. The van der Waals surface area contributed by atoms with E-state index < -0.39 is 26.6 Å². The number of halogens is 2. The van der Waals surface area contributed by atoms with Gasteiger partial charge in [0.05, 0.1) is 17.1 Å². The van der Waals surface area contributed by atoms with Gasteiger partial charge in [-0.05, 0) is 24.3 Å². The maximum Gasteiger partial charge on any atom is 0.243 e. The Labute approximate surface area is 160 Å². The molecule has 3 aromatic rings. The highest BCUT2D eigenvalue weighted by atomic mass is 32.2. The summed E-state index contributed by atoms with van der Waals surface area (Å²) in [6.45, 7) is 0.521. The van der Waals surface area contributed by atoms with Crippen LogP contribution in [0.4, 0.5) is 8.78 Å². The van der Waals surface area contributed by atoms with Crippen molar-refractivity contribution in [1.82, 2.24) is 19.3 Å². The molecule has 0 aliphatic carbocycles. The van der Waals surface area contributed by atoms with E-state index in [1.165, 1.54) is 0 Å². The number of hydrogen-bond acceptors (Lipinski definition) is 5. The summed E-state index contributed by atoms with van der Waals surface area (Å²) in [4.78, 5) is -0.404. The molecule has 10 heteroatoms. The molecule has 28 heavy (non-hydrogen) atoms. The minimum absolute atomic E-state index is 0.142. The molecule has 1 saturated heterocycles. The largest absolute Gasteiger partial charge is 0.487 e. The van der Waals surface area contributed by atoms with E-state index in [2.05, 4.69) is 10.3 Å². The summed E-state index contributed by atoms with van der Waals surface area (Å²) in [5.41, 5.74) is 0.609. The first kappa shape index (κ1) is 18.5. The van der Waals surface area contributed by atoms with Gasteiger partial charge in [-0.3, -0.25) is 0 Å². The quantitative estimate of drug-likeness (QED) is 0.628. The molecule has 7 nitrogen and oxygen atoms in total. The normalized spacial score (nSPS) is 15.4. The van der Waals surface area contributed by atoms with Crippen LogP contribution in [-0.4, -0.2) is 40.8 Å². The van der Waals surface area contributed by atoms with Crippen LogP contribution in [0.1, 0.15) is 11.7 Å². The van der Waals surface area contributed by atoms with Gasteiger partial charge in [0.2, 0.25) is 10.0 Å². The Balaban J connectivity index is 1.38. The van der Waals surface area contributed by atoms with Crippen LogP contribution < -0.4 is 4.74 Å². The van der Waals surface area contributed by atoms with Gasteiger partial charge in [-0.15, -0.1) is 5.10 Å². The second-order valence-electron chi connectivity index (χ2n) is 6.37. The minimum Gasteiger partial charge on any atom is -0.487 e. The van der Waals surface area contributed by atoms with Crippen molar-refractivity contribution >= 4 is 10.0 Å². The smallest absolute Gasteiger partial charge is 0.243 e. The van der Waals surface area contributed by atoms with E-state index in [0.29, 0.717) is 17.5 Å². The van der Waals surface area contributed by atoms with Crippen molar-refractivity contribution in [2.24, 2.45) is 0 Å². The number of hydrogen-bond donors (Lipinski definition) is 0. The Morgan fingerprint density at radius 3 is 2.43 bits per heavy atom. The molecule has 0 amide bonds. The first-order valence-corrected chi connectivity index (χ1v) is 9.90. The van der Waals surface area contributed by atoms with Crippen molar-refractivity contribution < 1.29 is 21.9 Å². The zero-order valence-corrected chi connectivity index (χ0v) is 15.4. The van der Waals surface area contributed by atoms with E-state index in [4.69, 9.17) is 4.74 Å². The SMILES string of the molecule is O=S(=O)(c1cc(F)cc(F)c1)N1CC(n2cc(COc3ccccc3)nn2)C1. The van der Waals surface area contributed by atoms with Gasteiger partial charge in [-0.2, -0.15) is 4.31 Å². The molecule has 0 spiro atoms. The van der Waals surface area contributed by atoms with E-state index in [-0.39, 0.29) is 25.7 Å². The maximum atomic E-state index is 13.3. The lowest BCUT2D eigenvalue weighted by molar-refractivity contribution is 0.188. The highest BCUT2D eigenvalue weighted by molar-refractivity contribution is 7.89. The van der Waals surface area contributed by atoms with Crippen molar-refractivity contribution in [2.75, 3.05) is 13.1 Å². The fraction of sp³-hybridized carbons (Fsp3) is 0.222. The first-order chi connectivity index (χ1) is 13.4. The molecule has 1 aliphatic rings. The number of ether oxygens (including phenoxy) is 1. The number of rotatable bonds is 6. The topological polar surface area (TPSA) is 77.3 Å². The predicted molar refractivity (Wildman–Crippen MR) is 94.9 cm³/mol. The summed E-state index contributed by atoms with van der Waals surface area (Å²) in [6, 6.07) is 11.3. The number of sulfonamides is 1.